The lowest BCUT2D eigenvalue weighted by atomic mass is 10.1. The Morgan fingerprint density at radius 1 is 1.04 bits per heavy atom. The Balaban J connectivity index is 0.000000253. The number of esters is 1. The van der Waals surface area contributed by atoms with E-state index in [1.807, 2.05) is 62.4 Å². The maximum absolute atomic E-state index is 11.4. The topological polar surface area (TPSA) is 46.5 Å². The van der Waals surface area contributed by atoms with Gasteiger partial charge in [0.15, 0.2) is 0 Å². The van der Waals surface area contributed by atoms with Crippen molar-refractivity contribution in [2.45, 2.75) is 13.8 Å². The van der Waals surface area contributed by atoms with E-state index in [9.17, 15) is 4.79 Å². The minimum atomic E-state index is -0.355. The van der Waals surface area contributed by atoms with Crippen molar-refractivity contribution >= 4 is 12.0 Å². The van der Waals surface area contributed by atoms with Crippen LogP contribution in [0.15, 0.2) is 79.1 Å². The summed E-state index contributed by atoms with van der Waals surface area (Å²) in [5.74, 6) is 0.316. The Morgan fingerprint density at radius 2 is 1.57 bits per heavy atom. The van der Waals surface area contributed by atoms with Gasteiger partial charge in [0.1, 0.15) is 5.75 Å². The molecule has 3 heteroatoms. The van der Waals surface area contributed by atoms with Gasteiger partial charge in [0.05, 0.1) is 6.26 Å². The molecular formula is C20H22O3. The first-order valence-electron chi connectivity index (χ1n) is 7.36. The summed E-state index contributed by atoms with van der Waals surface area (Å²) < 4.78 is 5.10. The Labute approximate surface area is 137 Å². The smallest absolute Gasteiger partial charge is 0.339 e. The lowest BCUT2D eigenvalue weighted by Crippen LogP contribution is -2.14. The number of para-hydroxylation sites is 1. The molecule has 0 spiro atoms. The summed E-state index contributed by atoms with van der Waals surface area (Å²) in [6.07, 6.45) is 2.68. The van der Waals surface area contributed by atoms with Crippen LogP contribution < -0.4 is 4.74 Å². The van der Waals surface area contributed by atoms with E-state index < -0.39 is 0 Å². The van der Waals surface area contributed by atoms with Crippen LogP contribution in [0.3, 0.4) is 0 Å². The van der Waals surface area contributed by atoms with Gasteiger partial charge in [0.25, 0.3) is 0 Å². The Hall–Kier alpha value is -2.81. The zero-order valence-electron chi connectivity index (χ0n) is 13.5. The fourth-order valence-corrected chi connectivity index (χ4v) is 1.55. The summed E-state index contributed by atoms with van der Waals surface area (Å²) in [4.78, 5) is 11.4. The third-order valence-corrected chi connectivity index (χ3v) is 2.98. The van der Waals surface area contributed by atoms with E-state index in [-0.39, 0.29) is 11.9 Å². The fraction of sp³-hybridized carbons (Fsp3) is 0.150. The quantitative estimate of drug-likeness (QED) is 0.373. The summed E-state index contributed by atoms with van der Waals surface area (Å²) in [7, 11) is 0. The van der Waals surface area contributed by atoms with Gasteiger partial charge in [-0.2, -0.15) is 0 Å². The van der Waals surface area contributed by atoms with Gasteiger partial charge in [-0.15, -0.1) is 0 Å². The van der Waals surface area contributed by atoms with Gasteiger partial charge in [-0.25, -0.2) is 4.79 Å². The molecule has 2 aromatic carbocycles. The summed E-state index contributed by atoms with van der Waals surface area (Å²) in [5.41, 5.74) is 1.51. The zero-order chi connectivity index (χ0) is 17.1. The molecule has 23 heavy (non-hydrogen) atoms. The molecule has 0 aromatic heterocycles. The standard InChI is InChI=1S/C12H14O2.C8H8O/c1-9(2)10(3)12(13)14-11-7-5-4-6-8-11;9-7-6-8-4-2-1-3-5-8/h4-9H,3H2,1-2H3;1-7,9H. The van der Waals surface area contributed by atoms with E-state index in [4.69, 9.17) is 9.84 Å². The second-order valence-electron chi connectivity index (χ2n) is 5.11. The molecule has 0 unspecified atom stereocenters. The highest BCUT2D eigenvalue weighted by Crippen LogP contribution is 2.13. The number of hydrogen-bond acceptors (Lipinski definition) is 3. The molecule has 0 heterocycles. The minimum Gasteiger partial charge on any atom is -0.516 e. The van der Waals surface area contributed by atoms with Gasteiger partial charge in [-0.05, 0) is 29.7 Å². The first-order valence-corrected chi connectivity index (χ1v) is 7.36. The molecule has 0 aliphatic carbocycles. The molecule has 0 amide bonds. The molecule has 2 aromatic rings. The SMILES string of the molecule is C=C(C(=O)Oc1ccccc1)C(C)C.OC=Cc1ccccc1. The predicted molar refractivity (Wildman–Crippen MR) is 94.2 cm³/mol. The molecule has 1 N–H and O–H groups in total. The van der Waals surface area contributed by atoms with Crippen molar-refractivity contribution in [3.63, 3.8) is 0 Å². The van der Waals surface area contributed by atoms with Crippen LogP contribution in [-0.2, 0) is 4.79 Å². The molecule has 0 aliphatic rings. The lowest BCUT2D eigenvalue weighted by Gasteiger charge is -2.08. The van der Waals surface area contributed by atoms with Gasteiger partial charge in [0.2, 0.25) is 0 Å². The van der Waals surface area contributed by atoms with Crippen LogP contribution in [0.2, 0.25) is 0 Å². The summed E-state index contributed by atoms with van der Waals surface area (Å²) in [6.45, 7) is 7.50. The molecular weight excluding hydrogens is 288 g/mol. The van der Waals surface area contributed by atoms with Crippen molar-refractivity contribution < 1.29 is 14.6 Å². The molecule has 0 aliphatic heterocycles. The van der Waals surface area contributed by atoms with Gasteiger partial charge in [-0.3, -0.25) is 0 Å². The molecule has 0 fully saturated rings. The van der Waals surface area contributed by atoms with Crippen LogP contribution in [0, 0.1) is 5.92 Å². The van der Waals surface area contributed by atoms with Crippen LogP contribution in [0.25, 0.3) is 6.08 Å². The molecule has 0 bridgehead atoms. The number of aliphatic hydroxyl groups is 1. The fourth-order valence-electron chi connectivity index (χ4n) is 1.55. The largest absolute Gasteiger partial charge is 0.516 e. The third-order valence-electron chi connectivity index (χ3n) is 2.98. The van der Waals surface area contributed by atoms with Crippen LogP contribution >= 0.6 is 0 Å². The van der Waals surface area contributed by atoms with E-state index in [0.717, 1.165) is 11.8 Å². The van der Waals surface area contributed by atoms with E-state index >= 15 is 0 Å². The summed E-state index contributed by atoms with van der Waals surface area (Å²) in [6, 6.07) is 18.6. The first kappa shape index (κ1) is 18.2. The van der Waals surface area contributed by atoms with E-state index in [0.29, 0.717) is 11.3 Å². The van der Waals surface area contributed by atoms with Crippen molar-refractivity contribution in [2.75, 3.05) is 0 Å². The van der Waals surface area contributed by atoms with Crippen LogP contribution in [-0.4, -0.2) is 11.1 Å². The highest BCUT2D eigenvalue weighted by molar-refractivity contribution is 5.89. The average molecular weight is 310 g/mol. The minimum absolute atomic E-state index is 0.117. The normalized spacial score (nSPS) is 10.0. The van der Waals surface area contributed by atoms with Crippen molar-refractivity contribution in [3.8, 4) is 5.75 Å². The van der Waals surface area contributed by atoms with E-state index in [1.165, 1.54) is 0 Å². The molecule has 2 rings (SSSR count). The number of carbonyl (C=O) groups excluding carboxylic acids is 1. The maximum atomic E-state index is 11.4. The van der Waals surface area contributed by atoms with Crippen molar-refractivity contribution in [1.82, 2.24) is 0 Å². The van der Waals surface area contributed by atoms with Crippen molar-refractivity contribution in [2.24, 2.45) is 5.92 Å². The van der Waals surface area contributed by atoms with Gasteiger partial charge in [0, 0.05) is 5.57 Å². The highest BCUT2D eigenvalue weighted by Gasteiger charge is 2.12. The number of carbonyl (C=O) groups is 1. The molecule has 3 nitrogen and oxygen atoms in total. The van der Waals surface area contributed by atoms with Crippen molar-refractivity contribution in [3.05, 3.63) is 84.6 Å². The van der Waals surface area contributed by atoms with Crippen LogP contribution in [0.4, 0.5) is 0 Å². The number of hydrogen-bond donors (Lipinski definition) is 1. The molecule has 0 atom stereocenters. The molecule has 0 saturated carbocycles. The van der Waals surface area contributed by atoms with Crippen LogP contribution in [0.1, 0.15) is 19.4 Å². The number of aliphatic hydroxyl groups excluding tert-OH is 1. The summed E-state index contributed by atoms with van der Waals surface area (Å²) in [5, 5.41) is 8.34. The third kappa shape index (κ3) is 7.14. The highest BCUT2D eigenvalue weighted by atomic mass is 16.5. The second-order valence-corrected chi connectivity index (χ2v) is 5.11. The van der Waals surface area contributed by atoms with Crippen LogP contribution in [0.5, 0.6) is 5.75 Å². The van der Waals surface area contributed by atoms with Gasteiger partial charge < -0.3 is 9.84 Å². The lowest BCUT2D eigenvalue weighted by molar-refractivity contribution is -0.130. The number of ether oxygens (including phenoxy) is 1. The Bertz CT molecular complexity index is 628. The Morgan fingerprint density at radius 3 is 2.04 bits per heavy atom. The van der Waals surface area contributed by atoms with Gasteiger partial charge >= 0.3 is 5.97 Å². The predicted octanol–water partition coefficient (Wildman–Crippen LogP) is 5.02. The molecule has 0 saturated heterocycles. The maximum Gasteiger partial charge on any atom is 0.339 e. The van der Waals surface area contributed by atoms with E-state index in [2.05, 4.69) is 6.58 Å². The number of rotatable bonds is 4. The Kier molecular flexibility index (Phi) is 7.94. The van der Waals surface area contributed by atoms with E-state index in [1.54, 1.807) is 18.2 Å². The molecule has 120 valence electrons. The first-order chi connectivity index (χ1) is 11.0. The van der Waals surface area contributed by atoms with Crippen molar-refractivity contribution in [1.29, 1.82) is 0 Å². The second kappa shape index (κ2) is 10.0. The summed E-state index contributed by atoms with van der Waals surface area (Å²) >= 11 is 0. The molecule has 0 radical (unpaired) electrons. The number of benzene rings is 2. The zero-order valence-corrected chi connectivity index (χ0v) is 13.5. The average Bonchev–Trinajstić information content (AvgIpc) is 2.57. The van der Waals surface area contributed by atoms with Gasteiger partial charge in [-0.1, -0.05) is 69.0 Å². The monoisotopic (exact) mass is 310 g/mol.